The Bertz CT molecular complexity index is 1100. The molecule has 2 saturated carbocycles. The molecule has 5 rings (SSSR count). The molecule has 1 aliphatic heterocycles. The van der Waals surface area contributed by atoms with Crippen LogP contribution in [0.2, 0.25) is 0 Å². The number of nitrogens with zero attached hydrogens (tertiary/aromatic N) is 2. The van der Waals surface area contributed by atoms with Crippen molar-refractivity contribution in [1.29, 1.82) is 0 Å². The van der Waals surface area contributed by atoms with E-state index in [1.807, 2.05) is 0 Å². The van der Waals surface area contributed by atoms with E-state index >= 15 is 8.78 Å². The second-order valence-electron chi connectivity index (χ2n) is 8.05. The molecule has 0 amide bonds. The van der Waals surface area contributed by atoms with Crippen molar-refractivity contribution in [3.8, 4) is 0 Å². The molecule has 2 aromatic rings. The molecule has 3 fully saturated rings. The maximum absolute atomic E-state index is 15.7. The highest BCUT2D eigenvalue weighted by atomic mass is 19.1. The average molecular weight is 390 g/mol. The molecular formula is C19H20F2N4O3. The van der Waals surface area contributed by atoms with Crippen molar-refractivity contribution in [3.63, 3.8) is 0 Å². The molecule has 2 heterocycles. The summed E-state index contributed by atoms with van der Waals surface area (Å²) in [6.45, 7) is 0.314. The molecule has 7 nitrogen and oxygen atoms in total. The summed E-state index contributed by atoms with van der Waals surface area (Å²) in [5.74, 6) is -3.15. The quantitative estimate of drug-likeness (QED) is 0.689. The topological polar surface area (TPSA) is 115 Å². The van der Waals surface area contributed by atoms with Crippen molar-refractivity contribution in [2.24, 2.45) is 11.7 Å². The van der Waals surface area contributed by atoms with Gasteiger partial charge in [0.1, 0.15) is 11.3 Å². The maximum atomic E-state index is 15.7. The standard InChI is InChI=1S/C19H20F2N4O3/c20-13-15(23)12-16(24(7-1-2-7)5-9(18(12)26)19(27)28)14(21)17(13)25-6-10(22)8-3-4-11(8)25/h5,7-8,10-11H,1-4,6,22-23H2,(H,27,28). The molecule has 1 aromatic carbocycles. The Hall–Kier alpha value is -2.68. The second-order valence-corrected chi connectivity index (χ2v) is 8.05. The third kappa shape index (κ3) is 2.16. The smallest absolute Gasteiger partial charge is 0.341 e. The third-order valence-electron chi connectivity index (χ3n) is 6.47. The molecule has 0 spiro atoms. The zero-order chi connectivity index (χ0) is 19.9. The number of halogens is 2. The van der Waals surface area contributed by atoms with Gasteiger partial charge in [-0.25, -0.2) is 13.6 Å². The van der Waals surface area contributed by atoms with E-state index in [-0.39, 0.29) is 35.2 Å². The summed E-state index contributed by atoms with van der Waals surface area (Å²) >= 11 is 0. The molecule has 28 heavy (non-hydrogen) atoms. The largest absolute Gasteiger partial charge is 0.477 e. The van der Waals surface area contributed by atoms with Gasteiger partial charge in [-0.15, -0.1) is 0 Å². The fourth-order valence-electron chi connectivity index (χ4n) is 4.75. The van der Waals surface area contributed by atoms with Crippen LogP contribution in [0.3, 0.4) is 0 Å². The summed E-state index contributed by atoms with van der Waals surface area (Å²) < 4.78 is 32.3. The minimum absolute atomic E-state index is 0.0461. The Balaban J connectivity index is 1.83. The van der Waals surface area contributed by atoms with E-state index in [1.54, 1.807) is 4.90 Å². The molecule has 3 atom stereocenters. The minimum atomic E-state index is -1.45. The molecule has 148 valence electrons. The Kier molecular flexibility index (Phi) is 3.52. The first kappa shape index (κ1) is 17.4. The maximum Gasteiger partial charge on any atom is 0.341 e. The number of carboxylic acid groups (broad SMARTS) is 1. The highest BCUT2D eigenvalue weighted by Crippen LogP contribution is 2.47. The van der Waals surface area contributed by atoms with Gasteiger partial charge in [0.25, 0.3) is 0 Å². The lowest BCUT2D eigenvalue weighted by atomic mass is 9.78. The number of nitrogens with two attached hydrogens (primary N) is 2. The van der Waals surface area contributed by atoms with Crippen LogP contribution < -0.4 is 21.8 Å². The van der Waals surface area contributed by atoms with Crippen LogP contribution in [-0.2, 0) is 0 Å². The second kappa shape index (κ2) is 5.66. The number of nitrogen functional groups attached to an aromatic ring is 1. The van der Waals surface area contributed by atoms with Gasteiger partial charge in [-0.1, -0.05) is 0 Å². The van der Waals surface area contributed by atoms with E-state index in [2.05, 4.69) is 0 Å². The number of hydrogen-bond acceptors (Lipinski definition) is 5. The van der Waals surface area contributed by atoms with Crippen molar-refractivity contribution in [2.75, 3.05) is 17.2 Å². The molecule has 3 aliphatic rings. The number of rotatable bonds is 3. The number of benzene rings is 1. The van der Waals surface area contributed by atoms with Crippen LogP contribution in [-0.4, -0.2) is 34.3 Å². The van der Waals surface area contributed by atoms with E-state index < -0.39 is 39.7 Å². The summed E-state index contributed by atoms with van der Waals surface area (Å²) in [6, 6.07) is -0.351. The van der Waals surface area contributed by atoms with Gasteiger partial charge in [-0.2, -0.15) is 0 Å². The van der Waals surface area contributed by atoms with Crippen molar-refractivity contribution >= 4 is 28.2 Å². The third-order valence-corrected chi connectivity index (χ3v) is 6.47. The number of fused-ring (bicyclic) bond motifs is 2. The number of pyridine rings is 1. The van der Waals surface area contributed by atoms with E-state index in [1.165, 1.54) is 4.57 Å². The zero-order valence-corrected chi connectivity index (χ0v) is 15.0. The summed E-state index contributed by atoms with van der Waals surface area (Å²) in [5, 5.41) is 8.94. The van der Waals surface area contributed by atoms with Gasteiger partial charge in [0.15, 0.2) is 11.6 Å². The molecule has 0 radical (unpaired) electrons. The van der Waals surface area contributed by atoms with Crippen LogP contribution in [0.1, 0.15) is 42.1 Å². The monoisotopic (exact) mass is 390 g/mol. The lowest BCUT2D eigenvalue weighted by Gasteiger charge is -2.38. The van der Waals surface area contributed by atoms with Gasteiger partial charge in [-0.3, -0.25) is 4.79 Å². The van der Waals surface area contributed by atoms with Gasteiger partial charge < -0.3 is 26.0 Å². The van der Waals surface area contributed by atoms with Crippen LogP contribution in [0.5, 0.6) is 0 Å². The number of aromatic carboxylic acids is 1. The molecule has 5 N–H and O–H groups in total. The van der Waals surface area contributed by atoms with Gasteiger partial charge in [0.05, 0.1) is 16.6 Å². The Morgan fingerprint density at radius 2 is 1.89 bits per heavy atom. The highest BCUT2D eigenvalue weighted by Gasteiger charge is 2.48. The van der Waals surface area contributed by atoms with E-state index in [0.29, 0.717) is 6.54 Å². The van der Waals surface area contributed by atoms with Crippen LogP contribution in [0, 0.1) is 17.6 Å². The van der Waals surface area contributed by atoms with Crippen molar-refractivity contribution in [1.82, 2.24) is 4.57 Å². The predicted molar refractivity (Wildman–Crippen MR) is 99.6 cm³/mol. The SMILES string of the molecule is Nc1c(F)c(N2CC(N)C3CCC32)c(F)c2c1c(=O)c(C(=O)O)cn2C1CC1. The number of anilines is 2. The lowest BCUT2D eigenvalue weighted by molar-refractivity contribution is 0.0695. The molecule has 1 saturated heterocycles. The van der Waals surface area contributed by atoms with Crippen LogP contribution in [0.4, 0.5) is 20.2 Å². The fourth-order valence-corrected chi connectivity index (χ4v) is 4.75. The summed E-state index contributed by atoms with van der Waals surface area (Å²) in [7, 11) is 0. The molecule has 9 heteroatoms. The van der Waals surface area contributed by atoms with E-state index in [4.69, 9.17) is 11.5 Å². The molecule has 1 aromatic heterocycles. The summed E-state index contributed by atoms with van der Waals surface area (Å²) in [6.07, 6.45) is 4.31. The van der Waals surface area contributed by atoms with Gasteiger partial charge >= 0.3 is 5.97 Å². The van der Waals surface area contributed by atoms with Crippen molar-refractivity contribution in [2.45, 2.75) is 43.8 Å². The first-order chi connectivity index (χ1) is 13.3. The Morgan fingerprint density at radius 1 is 1.18 bits per heavy atom. The molecule has 3 unspecified atom stereocenters. The normalized spacial score (nSPS) is 26.4. The van der Waals surface area contributed by atoms with Crippen LogP contribution in [0.25, 0.3) is 10.9 Å². The van der Waals surface area contributed by atoms with Crippen molar-refractivity contribution in [3.05, 3.63) is 33.6 Å². The van der Waals surface area contributed by atoms with Gasteiger partial charge in [0, 0.05) is 30.9 Å². The Morgan fingerprint density at radius 3 is 2.43 bits per heavy atom. The zero-order valence-electron chi connectivity index (χ0n) is 15.0. The minimum Gasteiger partial charge on any atom is -0.477 e. The fraction of sp³-hybridized carbons (Fsp3) is 0.474. The Labute approximate surface area is 158 Å². The molecular weight excluding hydrogens is 370 g/mol. The summed E-state index contributed by atoms with van der Waals surface area (Å²) in [4.78, 5) is 25.8. The average Bonchev–Trinajstić information content (AvgIpc) is 3.39. The predicted octanol–water partition coefficient (Wildman–Crippen LogP) is 1.82. The number of hydrogen-bond donors (Lipinski definition) is 3. The number of carboxylic acids is 1. The number of carbonyl (C=O) groups is 1. The first-order valence-corrected chi connectivity index (χ1v) is 9.42. The van der Waals surface area contributed by atoms with Crippen molar-refractivity contribution < 1.29 is 18.7 Å². The molecule has 0 bridgehead atoms. The lowest BCUT2D eigenvalue weighted by Crippen LogP contribution is -2.42. The van der Waals surface area contributed by atoms with Crippen LogP contribution in [0.15, 0.2) is 11.0 Å². The molecule has 2 aliphatic carbocycles. The van der Waals surface area contributed by atoms with Gasteiger partial charge in [-0.05, 0) is 31.6 Å². The summed E-state index contributed by atoms with van der Waals surface area (Å²) in [5.41, 5.74) is 9.66. The number of aromatic nitrogens is 1. The van der Waals surface area contributed by atoms with Crippen LogP contribution >= 0.6 is 0 Å². The van der Waals surface area contributed by atoms with E-state index in [0.717, 1.165) is 31.9 Å². The van der Waals surface area contributed by atoms with E-state index in [9.17, 15) is 14.7 Å². The van der Waals surface area contributed by atoms with Gasteiger partial charge in [0.2, 0.25) is 5.43 Å². The first-order valence-electron chi connectivity index (χ1n) is 9.42. The highest BCUT2D eigenvalue weighted by molar-refractivity contribution is 5.99.